The number of carbonyl (C=O) groups excluding carboxylic acids is 1. The van der Waals surface area contributed by atoms with Gasteiger partial charge in [-0.05, 0) is 47.8 Å². The number of anilines is 4. The Labute approximate surface area is 159 Å². The van der Waals surface area contributed by atoms with Crippen LogP contribution in [0.5, 0.6) is 0 Å². The minimum absolute atomic E-state index is 0.382. The molecule has 0 saturated heterocycles. The van der Waals surface area contributed by atoms with E-state index in [1.165, 1.54) is 18.2 Å². The summed E-state index contributed by atoms with van der Waals surface area (Å²) in [5.74, 6) is 0.123. The van der Waals surface area contributed by atoms with Gasteiger partial charge in [-0.1, -0.05) is 12.1 Å². The molecule has 3 aromatic rings. The molecule has 0 unspecified atom stereocenters. The second kappa shape index (κ2) is 7.08. The average molecular weight is 381 g/mol. The maximum absolute atomic E-state index is 13.2. The van der Waals surface area contributed by atoms with E-state index >= 15 is 0 Å². The van der Waals surface area contributed by atoms with Crippen LogP contribution < -0.4 is 21.3 Å². The van der Waals surface area contributed by atoms with Gasteiger partial charge in [-0.3, -0.25) is 0 Å². The standard InChI is InChI=1S/C19H16FN5OS/c20-12-3-1-4-13(9-12)23-19(26)24-14-5-2-6-15(10-14)25-11-22-17(21)16-7-8-27-18(16)25/h1-10H,11H2,(H2,21,22)(H2,23,24,26). The SMILES string of the molecule is NC1=NCN(c2cccc(NC(=O)Nc3cccc(F)c3)c2)c2sccc21. The van der Waals surface area contributed by atoms with Gasteiger partial charge in [0.2, 0.25) is 0 Å². The van der Waals surface area contributed by atoms with Gasteiger partial charge in [0.05, 0.1) is 5.56 Å². The monoisotopic (exact) mass is 381 g/mol. The van der Waals surface area contributed by atoms with E-state index < -0.39 is 11.8 Å². The van der Waals surface area contributed by atoms with E-state index in [2.05, 4.69) is 15.6 Å². The Bertz CT molecular complexity index is 1030. The molecular formula is C19H16FN5OS. The van der Waals surface area contributed by atoms with E-state index in [1.54, 1.807) is 23.5 Å². The highest BCUT2D eigenvalue weighted by molar-refractivity contribution is 7.14. The second-order valence-corrected chi connectivity index (χ2v) is 6.79. The molecule has 1 aliphatic rings. The summed E-state index contributed by atoms with van der Waals surface area (Å²) < 4.78 is 13.2. The van der Waals surface area contributed by atoms with Crippen LogP contribution in [0.2, 0.25) is 0 Å². The smallest absolute Gasteiger partial charge is 0.323 e. The largest absolute Gasteiger partial charge is 0.383 e. The molecule has 0 radical (unpaired) electrons. The van der Waals surface area contributed by atoms with Gasteiger partial charge < -0.3 is 21.3 Å². The van der Waals surface area contributed by atoms with Crippen LogP contribution in [0.3, 0.4) is 0 Å². The second-order valence-electron chi connectivity index (χ2n) is 5.89. The van der Waals surface area contributed by atoms with E-state index in [1.807, 2.05) is 34.5 Å². The van der Waals surface area contributed by atoms with E-state index in [0.29, 0.717) is 23.9 Å². The fourth-order valence-corrected chi connectivity index (χ4v) is 3.73. The summed E-state index contributed by atoms with van der Waals surface area (Å²) in [6.07, 6.45) is 0. The summed E-state index contributed by atoms with van der Waals surface area (Å²) in [5, 5.41) is 8.36. The summed E-state index contributed by atoms with van der Waals surface area (Å²) >= 11 is 1.58. The van der Waals surface area contributed by atoms with Crippen LogP contribution in [-0.4, -0.2) is 18.5 Å². The number of amides is 2. The van der Waals surface area contributed by atoms with Crippen LogP contribution >= 0.6 is 11.3 Å². The number of amidine groups is 1. The predicted molar refractivity (Wildman–Crippen MR) is 108 cm³/mol. The molecule has 8 heteroatoms. The third-order valence-electron chi connectivity index (χ3n) is 4.05. The lowest BCUT2D eigenvalue weighted by Gasteiger charge is -2.26. The first-order valence-electron chi connectivity index (χ1n) is 8.19. The Kier molecular flexibility index (Phi) is 4.47. The van der Waals surface area contributed by atoms with Crippen molar-refractivity contribution in [3.63, 3.8) is 0 Å². The lowest BCUT2D eigenvalue weighted by molar-refractivity contribution is 0.262. The average Bonchev–Trinajstić information content (AvgIpc) is 3.13. The molecule has 1 aromatic heterocycles. The Morgan fingerprint density at radius 2 is 1.85 bits per heavy atom. The quantitative estimate of drug-likeness (QED) is 0.631. The number of rotatable bonds is 3. The van der Waals surface area contributed by atoms with Crippen molar-refractivity contribution < 1.29 is 9.18 Å². The van der Waals surface area contributed by atoms with Crippen molar-refractivity contribution >= 4 is 45.3 Å². The van der Waals surface area contributed by atoms with Crippen molar-refractivity contribution in [1.29, 1.82) is 0 Å². The van der Waals surface area contributed by atoms with Crippen LogP contribution in [0.25, 0.3) is 0 Å². The van der Waals surface area contributed by atoms with Crippen molar-refractivity contribution in [2.24, 2.45) is 10.7 Å². The van der Waals surface area contributed by atoms with Crippen molar-refractivity contribution in [2.75, 3.05) is 22.2 Å². The maximum atomic E-state index is 13.2. The zero-order chi connectivity index (χ0) is 18.8. The van der Waals surface area contributed by atoms with E-state index in [0.717, 1.165) is 16.3 Å². The van der Waals surface area contributed by atoms with Crippen molar-refractivity contribution in [3.05, 3.63) is 71.4 Å². The first-order valence-corrected chi connectivity index (χ1v) is 9.07. The van der Waals surface area contributed by atoms with E-state index in [4.69, 9.17) is 5.73 Å². The highest BCUT2D eigenvalue weighted by Gasteiger charge is 2.21. The number of thiophene rings is 1. The van der Waals surface area contributed by atoms with Gasteiger partial charge in [0.1, 0.15) is 23.3 Å². The molecule has 27 heavy (non-hydrogen) atoms. The number of hydrogen-bond acceptors (Lipinski definition) is 5. The number of hydrogen-bond donors (Lipinski definition) is 3. The number of benzene rings is 2. The number of carbonyl (C=O) groups is 1. The number of fused-ring (bicyclic) bond motifs is 1. The summed E-state index contributed by atoms with van der Waals surface area (Å²) in [6.45, 7) is 0.415. The fraction of sp³-hybridized carbons (Fsp3) is 0.0526. The van der Waals surface area contributed by atoms with Crippen LogP contribution in [0.1, 0.15) is 5.56 Å². The lowest BCUT2D eigenvalue weighted by atomic mass is 10.2. The third-order valence-corrected chi connectivity index (χ3v) is 4.98. The van der Waals surface area contributed by atoms with Gasteiger partial charge in [-0.25, -0.2) is 14.2 Å². The van der Waals surface area contributed by atoms with Gasteiger partial charge in [-0.2, -0.15) is 0 Å². The summed E-state index contributed by atoms with van der Waals surface area (Å²) in [7, 11) is 0. The number of nitrogens with two attached hydrogens (primary N) is 1. The Morgan fingerprint density at radius 3 is 2.63 bits per heavy atom. The number of halogens is 1. The van der Waals surface area contributed by atoms with Crippen LogP contribution in [0.15, 0.2) is 65.0 Å². The van der Waals surface area contributed by atoms with Crippen LogP contribution in [0.4, 0.5) is 31.2 Å². The molecule has 0 saturated carbocycles. The molecular weight excluding hydrogens is 365 g/mol. The molecule has 0 atom stereocenters. The molecule has 6 nitrogen and oxygen atoms in total. The molecule has 2 amide bonds. The van der Waals surface area contributed by atoms with Gasteiger partial charge >= 0.3 is 6.03 Å². The number of urea groups is 1. The Morgan fingerprint density at radius 1 is 1.11 bits per heavy atom. The van der Waals surface area contributed by atoms with Crippen LogP contribution in [-0.2, 0) is 0 Å². The Hall–Kier alpha value is -3.39. The Balaban J connectivity index is 1.51. The molecule has 136 valence electrons. The molecule has 0 bridgehead atoms. The van der Waals surface area contributed by atoms with Crippen molar-refractivity contribution in [1.82, 2.24) is 0 Å². The fourth-order valence-electron chi connectivity index (χ4n) is 2.81. The molecule has 4 N–H and O–H groups in total. The normalized spacial score (nSPS) is 12.9. The zero-order valence-corrected chi connectivity index (χ0v) is 15.0. The van der Waals surface area contributed by atoms with Gasteiger partial charge in [-0.15, -0.1) is 11.3 Å². The van der Waals surface area contributed by atoms with Crippen LogP contribution in [0, 0.1) is 5.82 Å². The predicted octanol–water partition coefficient (Wildman–Crippen LogP) is 4.35. The van der Waals surface area contributed by atoms with E-state index in [9.17, 15) is 9.18 Å². The summed E-state index contributed by atoms with van der Waals surface area (Å²) in [5.41, 5.74) is 8.74. The van der Waals surface area contributed by atoms with Gasteiger partial charge in [0.15, 0.2) is 0 Å². The van der Waals surface area contributed by atoms with Crippen molar-refractivity contribution in [2.45, 2.75) is 0 Å². The first-order chi connectivity index (χ1) is 13.1. The molecule has 0 fully saturated rings. The minimum atomic E-state index is -0.449. The number of nitrogens with zero attached hydrogens (tertiary/aromatic N) is 2. The summed E-state index contributed by atoms with van der Waals surface area (Å²) in [4.78, 5) is 18.6. The maximum Gasteiger partial charge on any atom is 0.323 e. The molecule has 2 heterocycles. The van der Waals surface area contributed by atoms with Gasteiger partial charge in [0.25, 0.3) is 0 Å². The van der Waals surface area contributed by atoms with Gasteiger partial charge in [0, 0.05) is 17.1 Å². The molecule has 0 aliphatic carbocycles. The number of nitrogens with one attached hydrogen (secondary N) is 2. The highest BCUT2D eigenvalue weighted by Crippen LogP contribution is 2.36. The molecule has 4 rings (SSSR count). The minimum Gasteiger partial charge on any atom is -0.383 e. The first kappa shape index (κ1) is 17.0. The highest BCUT2D eigenvalue weighted by atomic mass is 32.1. The third kappa shape index (κ3) is 3.61. The number of aliphatic imine (C=N–C) groups is 1. The van der Waals surface area contributed by atoms with Crippen molar-refractivity contribution in [3.8, 4) is 0 Å². The van der Waals surface area contributed by atoms with E-state index in [-0.39, 0.29) is 0 Å². The zero-order valence-electron chi connectivity index (χ0n) is 14.1. The molecule has 0 spiro atoms. The molecule has 1 aliphatic heterocycles. The lowest BCUT2D eigenvalue weighted by Crippen LogP contribution is -2.28. The summed E-state index contributed by atoms with van der Waals surface area (Å²) in [6, 6.07) is 14.6. The molecule has 2 aromatic carbocycles. The topological polar surface area (TPSA) is 82.8 Å².